The minimum Gasteiger partial charge on any atom is -0.486 e. The monoisotopic (exact) mass is 483 g/mol. The van der Waals surface area contributed by atoms with E-state index in [-0.39, 0.29) is 35.6 Å². The van der Waals surface area contributed by atoms with Crippen molar-refractivity contribution in [3.8, 4) is 11.5 Å². The van der Waals surface area contributed by atoms with Crippen molar-refractivity contribution in [3.05, 3.63) is 34.2 Å². The second-order valence-corrected chi connectivity index (χ2v) is 10.3. The van der Waals surface area contributed by atoms with Crippen molar-refractivity contribution in [3.63, 3.8) is 0 Å². The molecule has 1 aromatic heterocycles. The van der Waals surface area contributed by atoms with Gasteiger partial charge in [-0.3, -0.25) is 4.79 Å². The Bertz CT molecular complexity index is 1090. The lowest BCUT2D eigenvalue weighted by molar-refractivity contribution is -0.126. The average molecular weight is 484 g/mol. The molecular formula is C21H26ClN3O6S. The Hall–Kier alpha value is -2.30. The fourth-order valence-electron chi connectivity index (χ4n) is 4.11. The summed E-state index contributed by atoms with van der Waals surface area (Å²) in [6, 6.07) is 3.70. The molecule has 0 spiro atoms. The first kappa shape index (κ1) is 22.9. The van der Waals surface area contributed by atoms with Crippen LogP contribution in [0.15, 0.2) is 21.6 Å². The van der Waals surface area contributed by atoms with Gasteiger partial charge in [0, 0.05) is 25.6 Å². The molecule has 0 bridgehead atoms. The molecule has 1 aromatic carbocycles. The molecule has 4 rings (SSSR count). The van der Waals surface area contributed by atoms with Gasteiger partial charge in [-0.1, -0.05) is 16.8 Å². The first-order chi connectivity index (χ1) is 15.3. The predicted molar refractivity (Wildman–Crippen MR) is 117 cm³/mol. The second kappa shape index (κ2) is 9.29. The number of carbonyl (C=O) groups excluding carboxylic acids is 1. The maximum atomic E-state index is 12.9. The molecule has 1 fully saturated rings. The lowest BCUT2D eigenvalue weighted by Crippen LogP contribution is -2.43. The molecule has 0 saturated carbocycles. The highest BCUT2D eigenvalue weighted by Crippen LogP contribution is 2.38. The molecule has 0 radical (unpaired) electrons. The molecule has 1 N–H and O–H groups in total. The van der Waals surface area contributed by atoms with Crippen LogP contribution < -0.4 is 14.8 Å². The third-order valence-electron chi connectivity index (χ3n) is 5.76. The number of hydrogen-bond donors (Lipinski definition) is 1. The Morgan fingerprint density at radius 3 is 2.62 bits per heavy atom. The standard InChI is InChI=1S/C21H26ClN3O6S/c1-13-20(14(2)31-24-13)32(27,28)25-7-4-16(5-8-25)21(26)23-6-3-15-11-17(22)19-18(12-15)29-9-10-30-19/h11-12,16H,3-10H2,1-2H3,(H,23,26). The minimum atomic E-state index is -3.68. The lowest BCUT2D eigenvalue weighted by Gasteiger charge is -2.30. The molecule has 0 atom stereocenters. The number of hydrogen-bond acceptors (Lipinski definition) is 7. The number of halogens is 1. The molecule has 1 saturated heterocycles. The zero-order chi connectivity index (χ0) is 22.9. The number of aromatic nitrogens is 1. The van der Waals surface area contributed by atoms with Crippen molar-refractivity contribution >= 4 is 27.5 Å². The maximum absolute atomic E-state index is 12.9. The molecule has 3 heterocycles. The zero-order valence-electron chi connectivity index (χ0n) is 18.0. The van der Waals surface area contributed by atoms with Gasteiger partial charge in [-0.2, -0.15) is 4.31 Å². The summed E-state index contributed by atoms with van der Waals surface area (Å²) in [5.41, 5.74) is 1.29. The van der Waals surface area contributed by atoms with Gasteiger partial charge in [0.2, 0.25) is 15.9 Å². The number of sulfonamides is 1. The summed E-state index contributed by atoms with van der Waals surface area (Å²) >= 11 is 6.26. The van der Waals surface area contributed by atoms with Gasteiger partial charge >= 0.3 is 0 Å². The fraction of sp³-hybridized carbons (Fsp3) is 0.524. The van der Waals surface area contributed by atoms with Crippen molar-refractivity contribution in [1.82, 2.24) is 14.8 Å². The first-order valence-corrected chi connectivity index (χ1v) is 12.4. The van der Waals surface area contributed by atoms with Gasteiger partial charge in [0.25, 0.3) is 0 Å². The Morgan fingerprint density at radius 2 is 1.94 bits per heavy atom. The van der Waals surface area contributed by atoms with E-state index >= 15 is 0 Å². The molecule has 2 aliphatic rings. The summed E-state index contributed by atoms with van der Waals surface area (Å²) in [5, 5.41) is 7.19. The van der Waals surface area contributed by atoms with Gasteiger partial charge in [0.15, 0.2) is 17.3 Å². The lowest BCUT2D eigenvalue weighted by atomic mass is 9.97. The van der Waals surface area contributed by atoms with Crippen LogP contribution in [0.4, 0.5) is 0 Å². The van der Waals surface area contributed by atoms with E-state index in [2.05, 4.69) is 10.5 Å². The Labute approximate surface area is 192 Å². The van der Waals surface area contributed by atoms with Crippen LogP contribution in [-0.2, 0) is 21.2 Å². The van der Waals surface area contributed by atoms with E-state index in [0.717, 1.165) is 5.56 Å². The van der Waals surface area contributed by atoms with Crippen LogP contribution in [0.3, 0.4) is 0 Å². The third-order valence-corrected chi connectivity index (χ3v) is 8.18. The van der Waals surface area contributed by atoms with Crippen LogP contribution in [0.1, 0.15) is 29.9 Å². The maximum Gasteiger partial charge on any atom is 0.248 e. The van der Waals surface area contributed by atoms with E-state index in [4.69, 9.17) is 25.6 Å². The van der Waals surface area contributed by atoms with E-state index in [9.17, 15) is 13.2 Å². The molecule has 1 amide bonds. The van der Waals surface area contributed by atoms with E-state index < -0.39 is 10.0 Å². The second-order valence-electron chi connectivity index (χ2n) is 7.97. The van der Waals surface area contributed by atoms with Crippen LogP contribution in [0.25, 0.3) is 0 Å². The molecular weight excluding hydrogens is 458 g/mol. The van der Waals surface area contributed by atoms with Crippen LogP contribution in [-0.4, -0.2) is 56.6 Å². The molecule has 2 aliphatic heterocycles. The summed E-state index contributed by atoms with van der Waals surface area (Å²) in [6.07, 6.45) is 1.52. The summed E-state index contributed by atoms with van der Waals surface area (Å²) < 4.78 is 43.4. The van der Waals surface area contributed by atoms with Gasteiger partial charge in [-0.15, -0.1) is 0 Å². The molecule has 32 heavy (non-hydrogen) atoms. The van der Waals surface area contributed by atoms with Gasteiger partial charge in [0.1, 0.15) is 23.8 Å². The smallest absolute Gasteiger partial charge is 0.248 e. The third kappa shape index (κ3) is 4.57. The molecule has 174 valence electrons. The van der Waals surface area contributed by atoms with Gasteiger partial charge in [-0.05, 0) is 50.8 Å². The minimum absolute atomic E-state index is 0.0666. The summed E-state index contributed by atoms with van der Waals surface area (Å²) in [6.45, 7) is 5.16. The highest BCUT2D eigenvalue weighted by molar-refractivity contribution is 7.89. The van der Waals surface area contributed by atoms with Crippen LogP contribution in [0.2, 0.25) is 5.02 Å². The van der Waals surface area contributed by atoms with Crippen molar-refractivity contribution in [2.75, 3.05) is 32.8 Å². The Balaban J connectivity index is 1.29. The number of ether oxygens (including phenoxy) is 2. The van der Waals surface area contributed by atoms with Gasteiger partial charge in [0.05, 0.1) is 5.02 Å². The van der Waals surface area contributed by atoms with E-state index in [1.807, 2.05) is 12.1 Å². The molecule has 0 aliphatic carbocycles. The number of piperidine rings is 1. The SMILES string of the molecule is Cc1noc(C)c1S(=O)(=O)N1CCC(C(=O)NCCc2cc(Cl)c3c(c2)OCCO3)CC1. The number of carbonyl (C=O) groups is 1. The van der Waals surface area contributed by atoms with Crippen molar-refractivity contribution in [2.45, 2.75) is 38.0 Å². The zero-order valence-corrected chi connectivity index (χ0v) is 19.6. The quantitative estimate of drug-likeness (QED) is 0.671. The molecule has 2 aromatic rings. The highest BCUT2D eigenvalue weighted by atomic mass is 35.5. The number of aryl methyl sites for hydroxylation is 2. The Morgan fingerprint density at radius 1 is 1.22 bits per heavy atom. The molecule has 0 unspecified atom stereocenters. The van der Waals surface area contributed by atoms with Crippen LogP contribution in [0.5, 0.6) is 11.5 Å². The van der Waals surface area contributed by atoms with E-state index in [1.165, 1.54) is 4.31 Å². The number of nitrogens with one attached hydrogen (secondary N) is 1. The summed E-state index contributed by atoms with van der Waals surface area (Å²) in [7, 11) is -3.68. The number of amides is 1. The average Bonchev–Trinajstić information content (AvgIpc) is 3.12. The highest BCUT2D eigenvalue weighted by Gasteiger charge is 2.35. The number of rotatable bonds is 6. The topological polar surface area (TPSA) is 111 Å². The molecule has 11 heteroatoms. The normalized spacial score (nSPS) is 17.3. The van der Waals surface area contributed by atoms with Gasteiger partial charge in [-0.25, -0.2) is 8.42 Å². The van der Waals surface area contributed by atoms with Crippen molar-refractivity contribution < 1.29 is 27.2 Å². The number of fused-ring (bicyclic) bond motifs is 1. The van der Waals surface area contributed by atoms with Crippen LogP contribution in [0, 0.1) is 19.8 Å². The van der Waals surface area contributed by atoms with Crippen molar-refractivity contribution in [2.24, 2.45) is 5.92 Å². The largest absolute Gasteiger partial charge is 0.486 e. The number of benzene rings is 1. The Kier molecular flexibility index (Phi) is 6.64. The van der Waals surface area contributed by atoms with E-state index in [0.29, 0.717) is 61.2 Å². The predicted octanol–water partition coefficient (Wildman–Crippen LogP) is 2.48. The van der Waals surface area contributed by atoms with E-state index in [1.54, 1.807) is 13.8 Å². The summed E-state index contributed by atoms with van der Waals surface area (Å²) in [5.74, 6) is 1.17. The van der Waals surface area contributed by atoms with Gasteiger partial charge < -0.3 is 19.3 Å². The molecule has 9 nitrogen and oxygen atoms in total. The first-order valence-electron chi connectivity index (χ1n) is 10.6. The summed E-state index contributed by atoms with van der Waals surface area (Å²) in [4.78, 5) is 12.7. The van der Waals surface area contributed by atoms with Crippen LogP contribution >= 0.6 is 11.6 Å². The number of nitrogens with zero attached hydrogens (tertiary/aromatic N) is 2. The van der Waals surface area contributed by atoms with Crippen molar-refractivity contribution in [1.29, 1.82) is 0 Å². The fourth-order valence-corrected chi connectivity index (χ4v) is 6.16.